The Morgan fingerprint density at radius 2 is 2.53 bits per heavy atom. The van der Waals surface area contributed by atoms with Crippen molar-refractivity contribution in [3.05, 3.63) is 11.4 Å². The second-order valence-corrected chi connectivity index (χ2v) is 3.80. The Bertz CT molecular complexity index is 344. The van der Waals surface area contributed by atoms with Crippen molar-refractivity contribution in [3.8, 4) is 10.8 Å². The van der Waals surface area contributed by atoms with Crippen molar-refractivity contribution in [2.45, 2.75) is 6.10 Å². The zero-order valence-corrected chi connectivity index (χ0v) is 8.91. The molecule has 1 aliphatic heterocycles. The van der Waals surface area contributed by atoms with E-state index in [1.54, 1.807) is 11.4 Å². The summed E-state index contributed by atoms with van der Waals surface area (Å²) in [7, 11) is 1.26. The maximum absolute atomic E-state index is 10.8. The van der Waals surface area contributed by atoms with Gasteiger partial charge in [-0.2, -0.15) is 0 Å². The van der Waals surface area contributed by atoms with Gasteiger partial charge in [0.2, 0.25) is 0 Å². The fraction of sp³-hybridized carbons (Fsp3) is 0.444. The molecule has 1 aromatic rings. The standard InChI is InChI=1S/C9H10O5S/c1-11-9(10)14-8-2-6(5-15-8)12-3-7-4-13-7/h2,5,7H,3-4H2,1H3. The highest BCUT2D eigenvalue weighted by molar-refractivity contribution is 7.12. The van der Waals surface area contributed by atoms with Gasteiger partial charge in [-0.25, -0.2) is 4.79 Å². The lowest BCUT2D eigenvalue weighted by Gasteiger charge is -1.99. The predicted octanol–water partition coefficient (Wildman–Crippen LogP) is 1.67. The minimum Gasteiger partial charge on any atom is -0.490 e. The number of rotatable bonds is 4. The van der Waals surface area contributed by atoms with E-state index in [9.17, 15) is 4.79 Å². The summed E-state index contributed by atoms with van der Waals surface area (Å²) in [5, 5.41) is 2.22. The van der Waals surface area contributed by atoms with E-state index in [0.29, 0.717) is 17.4 Å². The summed E-state index contributed by atoms with van der Waals surface area (Å²) in [6, 6.07) is 1.64. The van der Waals surface area contributed by atoms with Crippen LogP contribution in [0, 0.1) is 0 Å². The molecule has 1 atom stereocenters. The van der Waals surface area contributed by atoms with Crippen LogP contribution in [0.15, 0.2) is 11.4 Å². The molecule has 1 unspecified atom stereocenters. The van der Waals surface area contributed by atoms with E-state index >= 15 is 0 Å². The summed E-state index contributed by atoms with van der Waals surface area (Å²) >= 11 is 1.28. The zero-order chi connectivity index (χ0) is 10.7. The first-order valence-corrected chi connectivity index (χ1v) is 5.24. The van der Waals surface area contributed by atoms with Gasteiger partial charge in [-0.05, 0) is 0 Å². The molecule has 0 aromatic carbocycles. The molecule has 1 aromatic heterocycles. The van der Waals surface area contributed by atoms with Crippen molar-refractivity contribution in [2.75, 3.05) is 20.3 Å². The van der Waals surface area contributed by atoms with Gasteiger partial charge in [0.05, 0.1) is 13.7 Å². The van der Waals surface area contributed by atoms with E-state index in [-0.39, 0.29) is 6.10 Å². The Morgan fingerprint density at radius 1 is 1.73 bits per heavy atom. The van der Waals surface area contributed by atoms with Crippen molar-refractivity contribution in [2.24, 2.45) is 0 Å². The summed E-state index contributed by atoms with van der Waals surface area (Å²) in [6.07, 6.45) is -0.510. The van der Waals surface area contributed by atoms with Crippen LogP contribution >= 0.6 is 11.3 Å². The normalized spacial score (nSPS) is 18.3. The lowest BCUT2D eigenvalue weighted by Crippen LogP contribution is -2.06. The van der Waals surface area contributed by atoms with Crippen LogP contribution in [0.3, 0.4) is 0 Å². The summed E-state index contributed by atoms with van der Waals surface area (Å²) < 4.78 is 19.5. The third kappa shape index (κ3) is 3.10. The van der Waals surface area contributed by atoms with Gasteiger partial charge in [0.15, 0.2) is 5.06 Å². The molecule has 2 rings (SSSR count). The zero-order valence-electron chi connectivity index (χ0n) is 8.10. The van der Waals surface area contributed by atoms with Gasteiger partial charge in [0.1, 0.15) is 18.5 Å². The first kappa shape index (κ1) is 10.3. The number of carbonyl (C=O) groups excluding carboxylic acids is 1. The van der Waals surface area contributed by atoms with E-state index in [1.807, 2.05) is 0 Å². The highest BCUT2D eigenvalue weighted by Gasteiger charge is 2.23. The van der Waals surface area contributed by atoms with Gasteiger partial charge in [-0.1, -0.05) is 0 Å². The minimum atomic E-state index is -0.728. The van der Waals surface area contributed by atoms with Crippen molar-refractivity contribution >= 4 is 17.5 Å². The van der Waals surface area contributed by atoms with Crippen LogP contribution < -0.4 is 9.47 Å². The molecule has 5 nitrogen and oxygen atoms in total. The minimum absolute atomic E-state index is 0.217. The Hall–Kier alpha value is -1.27. The maximum Gasteiger partial charge on any atom is 0.514 e. The van der Waals surface area contributed by atoms with E-state index < -0.39 is 6.16 Å². The van der Waals surface area contributed by atoms with Crippen LogP contribution in [0.1, 0.15) is 0 Å². The molecule has 0 aliphatic carbocycles. The molecule has 0 bridgehead atoms. The summed E-state index contributed by atoms with van der Waals surface area (Å²) in [4.78, 5) is 10.8. The van der Waals surface area contributed by atoms with Crippen LogP contribution in [-0.4, -0.2) is 32.6 Å². The third-order valence-corrected chi connectivity index (χ3v) is 2.52. The molecule has 82 valence electrons. The first-order chi connectivity index (χ1) is 7.28. The first-order valence-electron chi connectivity index (χ1n) is 4.36. The van der Waals surface area contributed by atoms with Gasteiger partial charge < -0.3 is 18.9 Å². The number of thiophene rings is 1. The van der Waals surface area contributed by atoms with E-state index in [4.69, 9.17) is 14.2 Å². The number of hydrogen-bond acceptors (Lipinski definition) is 6. The molecule has 0 N–H and O–H groups in total. The molecule has 1 fully saturated rings. The number of epoxide rings is 1. The lowest BCUT2D eigenvalue weighted by molar-refractivity contribution is 0.122. The van der Waals surface area contributed by atoms with Crippen molar-refractivity contribution < 1.29 is 23.7 Å². The largest absolute Gasteiger partial charge is 0.514 e. The van der Waals surface area contributed by atoms with Gasteiger partial charge in [-0.3, -0.25) is 0 Å². The molecule has 0 saturated carbocycles. The smallest absolute Gasteiger partial charge is 0.490 e. The molecule has 1 aliphatic rings. The van der Waals surface area contributed by atoms with Gasteiger partial charge >= 0.3 is 6.16 Å². The molecule has 0 spiro atoms. The molecule has 0 radical (unpaired) electrons. The van der Waals surface area contributed by atoms with Gasteiger partial charge in [-0.15, -0.1) is 11.3 Å². The topological polar surface area (TPSA) is 57.3 Å². The molecule has 0 amide bonds. The average molecular weight is 230 g/mol. The lowest BCUT2D eigenvalue weighted by atomic mass is 10.5. The fourth-order valence-corrected chi connectivity index (χ4v) is 1.58. The van der Waals surface area contributed by atoms with Crippen LogP contribution in [0.2, 0.25) is 0 Å². The van der Waals surface area contributed by atoms with Crippen molar-refractivity contribution in [3.63, 3.8) is 0 Å². The number of carbonyl (C=O) groups is 1. The van der Waals surface area contributed by atoms with E-state index in [1.165, 1.54) is 18.4 Å². The van der Waals surface area contributed by atoms with Crippen LogP contribution in [0.25, 0.3) is 0 Å². The van der Waals surface area contributed by atoms with Crippen LogP contribution in [-0.2, 0) is 9.47 Å². The van der Waals surface area contributed by atoms with Crippen molar-refractivity contribution in [1.29, 1.82) is 0 Å². The predicted molar refractivity (Wildman–Crippen MR) is 52.6 cm³/mol. The Labute approximate surface area is 90.5 Å². The highest BCUT2D eigenvalue weighted by Crippen LogP contribution is 2.29. The van der Waals surface area contributed by atoms with Crippen LogP contribution in [0.4, 0.5) is 4.79 Å². The van der Waals surface area contributed by atoms with Gasteiger partial charge in [0.25, 0.3) is 0 Å². The second-order valence-electron chi connectivity index (χ2n) is 2.92. The molecular weight excluding hydrogens is 220 g/mol. The SMILES string of the molecule is COC(=O)Oc1cc(OCC2CO2)cs1. The third-order valence-electron chi connectivity index (χ3n) is 1.74. The monoisotopic (exact) mass is 230 g/mol. The van der Waals surface area contributed by atoms with Crippen LogP contribution in [0.5, 0.6) is 10.8 Å². The maximum atomic E-state index is 10.8. The Kier molecular flexibility index (Phi) is 3.08. The number of hydrogen-bond donors (Lipinski definition) is 0. The summed E-state index contributed by atoms with van der Waals surface area (Å²) in [5.74, 6) is 0.675. The number of methoxy groups -OCH3 is 1. The summed E-state index contributed by atoms with van der Waals surface area (Å²) in [5.41, 5.74) is 0. The molecule has 15 heavy (non-hydrogen) atoms. The van der Waals surface area contributed by atoms with Gasteiger partial charge in [0, 0.05) is 11.4 Å². The Morgan fingerprint density at radius 3 is 3.20 bits per heavy atom. The number of ether oxygens (including phenoxy) is 4. The quantitative estimate of drug-likeness (QED) is 0.581. The summed E-state index contributed by atoms with van der Waals surface area (Å²) in [6.45, 7) is 1.30. The van der Waals surface area contributed by atoms with E-state index in [2.05, 4.69) is 4.74 Å². The molecule has 2 heterocycles. The van der Waals surface area contributed by atoms with E-state index in [0.717, 1.165) is 6.61 Å². The fourth-order valence-electron chi connectivity index (χ4n) is 0.907. The Balaban J connectivity index is 1.82. The van der Waals surface area contributed by atoms with Crippen molar-refractivity contribution in [1.82, 2.24) is 0 Å². The molecular formula is C9H10O5S. The average Bonchev–Trinajstić information content (AvgIpc) is 2.97. The molecule has 1 saturated heterocycles. The second kappa shape index (κ2) is 4.50. The highest BCUT2D eigenvalue weighted by atomic mass is 32.1. The molecule has 6 heteroatoms.